The lowest BCUT2D eigenvalue weighted by Crippen LogP contribution is -2.38. The van der Waals surface area contributed by atoms with E-state index in [1.807, 2.05) is 12.1 Å². The van der Waals surface area contributed by atoms with E-state index in [1.54, 1.807) is 39.0 Å². The molecule has 0 atom stereocenters. The van der Waals surface area contributed by atoms with Gasteiger partial charge in [0.05, 0.1) is 5.41 Å². The number of halogens is 1. The lowest BCUT2D eigenvalue weighted by molar-refractivity contribution is -0.124. The fourth-order valence-corrected chi connectivity index (χ4v) is 3.64. The Balaban J connectivity index is 1.85. The normalized spacial score (nSPS) is 15.7. The highest BCUT2D eigenvalue weighted by molar-refractivity contribution is 5.96. The van der Waals surface area contributed by atoms with Crippen molar-refractivity contribution in [3.8, 4) is 11.5 Å². The molecule has 29 heavy (non-hydrogen) atoms. The van der Waals surface area contributed by atoms with Crippen molar-refractivity contribution in [2.24, 2.45) is 11.1 Å². The number of amides is 2. The predicted molar refractivity (Wildman–Crippen MR) is 110 cm³/mol. The van der Waals surface area contributed by atoms with E-state index in [0.717, 1.165) is 31.2 Å². The van der Waals surface area contributed by atoms with Crippen molar-refractivity contribution in [2.45, 2.75) is 51.9 Å². The summed E-state index contributed by atoms with van der Waals surface area (Å²) >= 11 is 0. The monoisotopic (exact) mass is 398 g/mol. The van der Waals surface area contributed by atoms with Crippen LogP contribution in [0.4, 0.5) is 10.1 Å². The average Bonchev–Trinajstić information content (AvgIpc) is 3.15. The summed E-state index contributed by atoms with van der Waals surface area (Å²) in [6, 6.07) is 11.5. The Kier molecular flexibility index (Phi) is 5.64. The van der Waals surface area contributed by atoms with Gasteiger partial charge in [0, 0.05) is 5.41 Å². The average molecular weight is 398 g/mol. The molecule has 0 bridgehead atoms. The van der Waals surface area contributed by atoms with E-state index in [9.17, 15) is 14.0 Å². The fourth-order valence-electron chi connectivity index (χ4n) is 3.64. The molecule has 1 fully saturated rings. The third kappa shape index (κ3) is 4.26. The molecule has 2 amide bonds. The van der Waals surface area contributed by atoms with Crippen LogP contribution < -0.4 is 15.8 Å². The van der Waals surface area contributed by atoms with E-state index < -0.39 is 16.6 Å². The number of hydrogen-bond acceptors (Lipinski definition) is 3. The van der Waals surface area contributed by atoms with E-state index in [4.69, 9.17) is 10.5 Å². The van der Waals surface area contributed by atoms with Gasteiger partial charge in [-0.25, -0.2) is 4.39 Å². The van der Waals surface area contributed by atoms with Crippen LogP contribution in [0.2, 0.25) is 0 Å². The summed E-state index contributed by atoms with van der Waals surface area (Å²) in [4.78, 5) is 24.4. The number of para-hydroxylation sites is 1. The van der Waals surface area contributed by atoms with E-state index in [1.165, 1.54) is 12.1 Å². The van der Waals surface area contributed by atoms with Crippen LogP contribution in [-0.2, 0) is 15.0 Å². The number of rotatable bonds is 5. The summed E-state index contributed by atoms with van der Waals surface area (Å²) in [7, 11) is 0. The molecule has 1 saturated carbocycles. The molecule has 2 aromatic carbocycles. The van der Waals surface area contributed by atoms with Crippen LogP contribution in [0.25, 0.3) is 0 Å². The van der Waals surface area contributed by atoms with Crippen molar-refractivity contribution >= 4 is 17.5 Å². The molecule has 0 aliphatic heterocycles. The second-order valence-electron chi connectivity index (χ2n) is 8.60. The van der Waals surface area contributed by atoms with Crippen molar-refractivity contribution < 1.29 is 18.7 Å². The molecule has 3 N–H and O–H groups in total. The van der Waals surface area contributed by atoms with Crippen LogP contribution in [0.3, 0.4) is 0 Å². The molecule has 0 heterocycles. The Morgan fingerprint density at radius 3 is 2.24 bits per heavy atom. The number of hydrogen-bond donors (Lipinski definition) is 2. The molecule has 3 rings (SSSR count). The first-order valence-electron chi connectivity index (χ1n) is 9.82. The predicted octanol–water partition coefficient (Wildman–Crippen LogP) is 4.90. The van der Waals surface area contributed by atoms with Gasteiger partial charge in [-0.15, -0.1) is 0 Å². The molecule has 2 aromatic rings. The van der Waals surface area contributed by atoms with Gasteiger partial charge >= 0.3 is 0 Å². The third-order valence-electron chi connectivity index (χ3n) is 5.46. The first kappa shape index (κ1) is 20.8. The molecule has 0 unspecified atom stereocenters. The number of nitrogens with one attached hydrogen (secondary N) is 1. The van der Waals surface area contributed by atoms with Crippen LogP contribution in [0.15, 0.2) is 42.5 Å². The smallest absolute Gasteiger partial charge is 0.229 e. The first-order chi connectivity index (χ1) is 13.6. The summed E-state index contributed by atoms with van der Waals surface area (Å²) in [5.41, 5.74) is 5.27. The molecular weight excluding hydrogens is 371 g/mol. The molecule has 154 valence electrons. The van der Waals surface area contributed by atoms with Crippen LogP contribution in [0, 0.1) is 11.2 Å². The third-order valence-corrected chi connectivity index (χ3v) is 5.46. The molecular formula is C23H27FN2O3. The Labute approximate surface area is 170 Å². The van der Waals surface area contributed by atoms with Gasteiger partial charge in [0.25, 0.3) is 0 Å². The largest absolute Gasteiger partial charge is 0.455 e. The second-order valence-corrected chi connectivity index (χ2v) is 8.60. The van der Waals surface area contributed by atoms with Crippen molar-refractivity contribution in [1.29, 1.82) is 0 Å². The van der Waals surface area contributed by atoms with Crippen molar-refractivity contribution in [2.75, 3.05) is 5.32 Å². The number of primary amides is 1. The Morgan fingerprint density at radius 1 is 1.07 bits per heavy atom. The van der Waals surface area contributed by atoms with E-state index in [2.05, 4.69) is 5.32 Å². The van der Waals surface area contributed by atoms with Crippen LogP contribution >= 0.6 is 0 Å². The molecule has 0 spiro atoms. The zero-order valence-electron chi connectivity index (χ0n) is 17.0. The van der Waals surface area contributed by atoms with Gasteiger partial charge in [-0.05, 0) is 42.7 Å². The van der Waals surface area contributed by atoms with Crippen molar-refractivity contribution in [1.82, 2.24) is 0 Å². The second kappa shape index (κ2) is 7.85. The summed E-state index contributed by atoms with van der Waals surface area (Å²) in [6.45, 7) is 5.25. The van der Waals surface area contributed by atoms with Gasteiger partial charge in [-0.2, -0.15) is 0 Å². The van der Waals surface area contributed by atoms with E-state index >= 15 is 0 Å². The zero-order valence-corrected chi connectivity index (χ0v) is 17.0. The molecule has 6 heteroatoms. The van der Waals surface area contributed by atoms with Crippen molar-refractivity contribution in [3.05, 3.63) is 53.8 Å². The van der Waals surface area contributed by atoms with Crippen LogP contribution in [0.5, 0.6) is 11.5 Å². The minimum absolute atomic E-state index is 0.000834. The number of anilines is 1. The molecule has 0 radical (unpaired) electrons. The molecule has 1 aliphatic rings. The summed E-state index contributed by atoms with van der Waals surface area (Å²) in [6.07, 6.45) is 3.44. The number of nitrogens with two attached hydrogens (primary N) is 1. The maximum Gasteiger partial charge on any atom is 0.229 e. The molecule has 1 aliphatic carbocycles. The van der Waals surface area contributed by atoms with Gasteiger partial charge in [-0.1, -0.05) is 51.8 Å². The number of carbonyl (C=O) groups excluding carboxylic acids is 2. The van der Waals surface area contributed by atoms with Gasteiger partial charge in [0.15, 0.2) is 11.6 Å². The standard InChI is InChI=1S/C23H27FN2O3/c1-22(2,3)21(28)26-19-17(24)7-6-8-18(19)29-16-11-9-15(10-12-16)23(20(25)27)13-4-5-14-23/h6-12H,4-5,13-14H2,1-3H3,(H2,25,27)(H,26,28). The Bertz CT molecular complexity index is 911. The number of carbonyl (C=O) groups is 2. The first-order valence-corrected chi connectivity index (χ1v) is 9.82. The summed E-state index contributed by atoms with van der Waals surface area (Å²) < 4.78 is 20.2. The Morgan fingerprint density at radius 2 is 1.69 bits per heavy atom. The minimum Gasteiger partial charge on any atom is -0.455 e. The lowest BCUT2D eigenvalue weighted by atomic mass is 9.78. The maximum absolute atomic E-state index is 14.4. The summed E-state index contributed by atoms with van der Waals surface area (Å²) in [5, 5.41) is 2.62. The van der Waals surface area contributed by atoms with Gasteiger partial charge in [-0.3, -0.25) is 9.59 Å². The van der Waals surface area contributed by atoms with Gasteiger partial charge in [0.1, 0.15) is 11.4 Å². The lowest BCUT2D eigenvalue weighted by Gasteiger charge is -2.26. The zero-order chi connectivity index (χ0) is 21.2. The quantitative estimate of drug-likeness (QED) is 0.752. The van der Waals surface area contributed by atoms with Crippen LogP contribution in [0.1, 0.15) is 52.0 Å². The van der Waals surface area contributed by atoms with E-state index in [-0.39, 0.29) is 23.3 Å². The van der Waals surface area contributed by atoms with Gasteiger partial charge < -0.3 is 15.8 Å². The highest BCUT2D eigenvalue weighted by Gasteiger charge is 2.41. The van der Waals surface area contributed by atoms with Gasteiger partial charge in [0.2, 0.25) is 11.8 Å². The number of benzene rings is 2. The fraction of sp³-hybridized carbons (Fsp3) is 0.391. The SMILES string of the molecule is CC(C)(C)C(=O)Nc1c(F)cccc1Oc1ccc(C2(C(N)=O)CCCC2)cc1. The van der Waals surface area contributed by atoms with E-state index in [0.29, 0.717) is 5.75 Å². The Hall–Kier alpha value is -2.89. The van der Waals surface area contributed by atoms with Crippen LogP contribution in [-0.4, -0.2) is 11.8 Å². The number of ether oxygens (including phenoxy) is 1. The molecule has 5 nitrogen and oxygen atoms in total. The molecule has 0 aromatic heterocycles. The highest BCUT2D eigenvalue weighted by atomic mass is 19.1. The summed E-state index contributed by atoms with van der Waals surface area (Å²) in [5.74, 6) is -0.507. The maximum atomic E-state index is 14.4. The topological polar surface area (TPSA) is 81.4 Å². The highest BCUT2D eigenvalue weighted by Crippen LogP contribution is 2.42. The minimum atomic E-state index is -0.675. The van der Waals surface area contributed by atoms with Crippen molar-refractivity contribution in [3.63, 3.8) is 0 Å². The molecule has 0 saturated heterocycles.